The van der Waals surface area contributed by atoms with Gasteiger partial charge in [-0.15, -0.1) is 6.58 Å². The van der Waals surface area contributed by atoms with Gasteiger partial charge >= 0.3 is 0 Å². The fourth-order valence-electron chi connectivity index (χ4n) is 1.96. The highest BCUT2D eigenvalue weighted by Crippen LogP contribution is 2.21. The Morgan fingerprint density at radius 3 is 2.39 bits per heavy atom. The smallest absolute Gasteiger partial charge is 0.0800 e. The first-order chi connectivity index (χ1) is 8.28. The Morgan fingerprint density at radius 1 is 1.28 bits per heavy atom. The van der Waals surface area contributed by atoms with Gasteiger partial charge in [-0.25, -0.2) is 0 Å². The molecule has 1 heteroatoms. The van der Waals surface area contributed by atoms with Gasteiger partial charge in [0.15, 0.2) is 0 Å². The number of allylic oxidation sites excluding steroid dienone is 2. The Hall–Kier alpha value is -0.560. The topological polar surface area (TPSA) is 20.2 Å². The fourth-order valence-corrected chi connectivity index (χ4v) is 1.96. The second kappa shape index (κ2) is 8.53. The van der Waals surface area contributed by atoms with E-state index in [1.54, 1.807) is 6.08 Å². The van der Waals surface area contributed by atoms with Crippen molar-refractivity contribution >= 4 is 0 Å². The van der Waals surface area contributed by atoms with Gasteiger partial charge in [0.25, 0.3) is 0 Å². The highest BCUT2D eigenvalue weighted by atomic mass is 16.3. The molecule has 0 aromatic heterocycles. The standard InChI is InChI=1S/C17H32O/c1-7-17(6,18)13-9-12-16(5)15(4)11-8-10-14(2)3/h7,12,14-15,18H,1,8-11,13H2,2-6H3/b16-12+. The third-order valence-corrected chi connectivity index (χ3v) is 3.75. The average Bonchev–Trinajstić information content (AvgIpc) is 2.28. The van der Waals surface area contributed by atoms with Crippen LogP contribution in [-0.4, -0.2) is 10.7 Å². The van der Waals surface area contributed by atoms with Crippen LogP contribution in [0, 0.1) is 11.8 Å². The van der Waals surface area contributed by atoms with Gasteiger partial charge in [0, 0.05) is 0 Å². The zero-order chi connectivity index (χ0) is 14.2. The van der Waals surface area contributed by atoms with Crippen LogP contribution in [0.2, 0.25) is 0 Å². The van der Waals surface area contributed by atoms with Crippen molar-refractivity contribution in [3.8, 4) is 0 Å². The molecule has 0 bridgehead atoms. The van der Waals surface area contributed by atoms with Gasteiger partial charge in [-0.3, -0.25) is 0 Å². The van der Waals surface area contributed by atoms with E-state index in [4.69, 9.17) is 0 Å². The van der Waals surface area contributed by atoms with Crippen LogP contribution in [0.5, 0.6) is 0 Å². The minimum absolute atomic E-state index is 0.664. The molecule has 0 aromatic carbocycles. The summed E-state index contributed by atoms with van der Waals surface area (Å²) < 4.78 is 0. The van der Waals surface area contributed by atoms with Crippen molar-refractivity contribution in [1.29, 1.82) is 0 Å². The minimum atomic E-state index is -0.725. The maximum Gasteiger partial charge on any atom is 0.0800 e. The molecule has 0 aromatic rings. The molecule has 1 nitrogen and oxygen atoms in total. The molecule has 2 atom stereocenters. The summed E-state index contributed by atoms with van der Waals surface area (Å²) in [6.45, 7) is 14.5. The number of hydrogen-bond acceptors (Lipinski definition) is 1. The van der Waals surface area contributed by atoms with Crippen LogP contribution in [0.3, 0.4) is 0 Å². The van der Waals surface area contributed by atoms with Gasteiger partial charge in [0.2, 0.25) is 0 Å². The number of hydrogen-bond donors (Lipinski definition) is 1. The highest BCUT2D eigenvalue weighted by Gasteiger charge is 2.13. The first kappa shape index (κ1) is 17.4. The predicted molar refractivity (Wildman–Crippen MR) is 81.7 cm³/mol. The predicted octanol–water partition coefficient (Wildman–Crippen LogP) is 5.11. The van der Waals surface area contributed by atoms with E-state index in [1.807, 2.05) is 6.92 Å². The number of rotatable bonds is 9. The molecule has 2 unspecified atom stereocenters. The van der Waals surface area contributed by atoms with Gasteiger partial charge in [0.05, 0.1) is 5.60 Å². The van der Waals surface area contributed by atoms with E-state index in [0.717, 1.165) is 18.8 Å². The largest absolute Gasteiger partial charge is 0.386 e. The van der Waals surface area contributed by atoms with Gasteiger partial charge in [0.1, 0.15) is 0 Å². The lowest BCUT2D eigenvalue weighted by Crippen LogP contribution is -2.19. The maximum atomic E-state index is 9.83. The Bertz CT molecular complexity index is 261. The van der Waals surface area contributed by atoms with Crippen LogP contribution in [0.15, 0.2) is 24.3 Å². The lowest BCUT2D eigenvalue weighted by molar-refractivity contribution is 0.103. The molecule has 0 saturated carbocycles. The summed E-state index contributed by atoms with van der Waals surface area (Å²) in [5.41, 5.74) is 0.733. The van der Waals surface area contributed by atoms with Crippen molar-refractivity contribution in [3.05, 3.63) is 24.3 Å². The van der Waals surface area contributed by atoms with Crippen LogP contribution in [-0.2, 0) is 0 Å². The third-order valence-electron chi connectivity index (χ3n) is 3.75. The fraction of sp³-hybridized carbons (Fsp3) is 0.765. The molecule has 1 N–H and O–H groups in total. The van der Waals surface area contributed by atoms with E-state index in [0.29, 0.717) is 5.92 Å². The molecular weight excluding hydrogens is 220 g/mol. The molecule has 0 aliphatic rings. The second-order valence-electron chi connectivity index (χ2n) is 6.27. The van der Waals surface area contributed by atoms with Crippen LogP contribution in [0.25, 0.3) is 0 Å². The molecular formula is C17H32O. The first-order valence-electron chi connectivity index (χ1n) is 7.31. The lowest BCUT2D eigenvalue weighted by Gasteiger charge is -2.18. The van der Waals surface area contributed by atoms with E-state index < -0.39 is 5.60 Å². The van der Waals surface area contributed by atoms with Crippen LogP contribution in [0.1, 0.15) is 66.7 Å². The molecule has 0 fully saturated rings. The van der Waals surface area contributed by atoms with E-state index in [-0.39, 0.29) is 0 Å². The normalized spacial score (nSPS) is 17.6. The van der Waals surface area contributed by atoms with Crippen molar-refractivity contribution in [2.45, 2.75) is 72.3 Å². The summed E-state index contributed by atoms with van der Waals surface area (Å²) in [6, 6.07) is 0. The van der Waals surface area contributed by atoms with E-state index >= 15 is 0 Å². The summed E-state index contributed by atoms with van der Waals surface area (Å²) in [5, 5.41) is 9.83. The Morgan fingerprint density at radius 2 is 1.89 bits per heavy atom. The zero-order valence-corrected chi connectivity index (χ0v) is 13.0. The molecule has 0 spiro atoms. The Balaban J connectivity index is 3.97. The minimum Gasteiger partial charge on any atom is -0.386 e. The van der Waals surface area contributed by atoms with Gasteiger partial charge in [-0.1, -0.05) is 51.3 Å². The maximum absolute atomic E-state index is 9.83. The molecule has 0 aliphatic heterocycles. The van der Waals surface area contributed by atoms with Gasteiger partial charge in [-0.05, 0) is 44.9 Å². The van der Waals surface area contributed by atoms with Crippen molar-refractivity contribution in [1.82, 2.24) is 0 Å². The average molecular weight is 252 g/mol. The lowest BCUT2D eigenvalue weighted by atomic mass is 9.92. The summed E-state index contributed by atoms with van der Waals surface area (Å²) in [7, 11) is 0. The second-order valence-corrected chi connectivity index (χ2v) is 6.27. The van der Waals surface area contributed by atoms with Crippen LogP contribution < -0.4 is 0 Å². The SMILES string of the molecule is C=CC(C)(O)CC/C=C(\C)C(C)CCCC(C)C. The molecule has 0 aliphatic carbocycles. The summed E-state index contributed by atoms with van der Waals surface area (Å²) in [6.07, 6.45) is 9.50. The Kier molecular flexibility index (Phi) is 8.26. The Labute approximate surface area is 114 Å². The monoisotopic (exact) mass is 252 g/mol. The molecule has 0 heterocycles. The molecule has 0 rings (SSSR count). The highest BCUT2D eigenvalue weighted by molar-refractivity contribution is 5.03. The van der Waals surface area contributed by atoms with Crippen molar-refractivity contribution in [3.63, 3.8) is 0 Å². The van der Waals surface area contributed by atoms with E-state index in [9.17, 15) is 5.11 Å². The molecule has 106 valence electrons. The van der Waals surface area contributed by atoms with Crippen LogP contribution >= 0.6 is 0 Å². The van der Waals surface area contributed by atoms with Crippen LogP contribution in [0.4, 0.5) is 0 Å². The molecule has 0 saturated heterocycles. The van der Waals surface area contributed by atoms with Crippen molar-refractivity contribution in [2.75, 3.05) is 0 Å². The van der Waals surface area contributed by atoms with Crippen molar-refractivity contribution < 1.29 is 5.11 Å². The summed E-state index contributed by atoms with van der Waals surface area (Å²) >= 11 is 0. The molecule has 0 radical (unpaired) electrons. The van der Waals surface area contributed by atoms with E-state index in [1.165, 1.54) is 24.8 Å². The van der Waals surface area contributed by atoms with Crippen molar-refractivity contribution in [2.24, 2.45) is 11.8 Å². The van der Waals surface area contributed by atoms with E-state index in [2.05, 4.69) is 40.3 Å². The zero-order valence-electron chi connectivity index (χ0n) is 13.0. The summed E-state index contributed by atoms with van der Waals surface area (Å²) in [5.74, 6) is 1.47. The van der Waals surface area contributed by atoms with Gasteiger partial charge in [-0.2, -0.15) is 0 Å². The van der Waals surface area contributed by atoms with Gasteiger partial charge < -0.3 is 5.11 Å². The quantitative estimate of drug-likeness (QED) is 0.565. The summed E-state index contributed by atoms with van der Waals surface area (Å²) in [4.78, 5) is 0. The first-order valence-corrected chi connectivity index (χ1v) is 7.31. The molecule has 0 amide bonds. The molecule has 18 heavy (non-hydrogen) atoms. The number of aliphatic hydroxyl groups is 1. The third kappa shape index (κ3) is 8.52.